The molecule has 1 N–H and O–H groups in total. The Kier molecular flexibility index (Phi) is 4.66. The van der Waals surface area contributed by atoms with Gasteiger partial charge in [0.1, 0.15) is 0 Å². The number of aryl methyl sites for hydroxylation is 2. The van der Waals surface area contributed by atoms with E-state index in [-0.39, 0.29) is 0 Å². The highest BCUT2D eigenvalue weighted by atomic mass is 15.3. The molecule has 0 atom stereocenters. The van der Waals surface area contributed by atoms with E-state index in [0.29, 0.717) is 0 Å². The highest BCUT2D eigenvalue weighted by molar-refractivity contribution is 5.61. The van der Waals surface area contributed by atoms with Gasteiger partial charge in [-0.15, -0.1) is 0 Å². The van der Waals surface area contributed by atoms with E-state index in [1.54, 1.807) is 0 Å². The summed E-state index contributed by atoms with van der Waals surface area (Å²) in [6.45, 7) is 6.08. The van der Waals surface area contributed by atoms with Crippen LogP contribution in [0.25, 0.3) is 0 Å². The molecular formula is C16H24N4. The first kappa shape index (κ1) is 14.4. The minimum atomic E-state index is 0.802. The second-order valence-electron chi connectivity index (χ2n) is 5.29. The molecule has 1 aromatic heterocycles. The summed E-state index contributed by atoms with van der Waals surface area (Å²) in [6, 6.07) is 8.55. The van der Waals surface area contributed by atoms with Gasteiger partial charge in [0.2, 0.25) is 0 Å². The summed E-state index contributed by atoms with van der Waals surface area (Å²) in [6.07, 6.45) is 2.97. The van der Waals surface area contributed by atoms with Crippen LogP contribution in [-0.4, -0.2) is 23.9 Å². The van der Waals surface area contributed by atoms with E-state index < -0.39 is 0 Å². The lowest BCUT2D eigenvalue weighted by molar-refractivity contribution is 0.578. The fraction of sp³-hybridized carbons (Fsp3) is 0.438. The van der Waals surface area contributed by atoms with Crippen molar-refractivity contribution in [2.75, 3.05) is 24.3 Å². The van der Waals surface area contributed by atoms with Gasteiger partial charge in [-0.05, 0) is 37.1 Å². The molecule has 20 heavy (non-hydrogen) atoms. The fourth-order valence-corrected chi connectivity index (χ4v) is 2.32. The van der Waals surface area contributed by atoms with Crippen LogP contribution in [0.15, 0.2) is 30.5 Å². The van der Waals surface area contributed by atoms with Crippen molar-refractivity contribution in [3.63, 3.8) is 0 Å². The lowest BCUT2D eigenvalue weighted by atomic mass is 10.1. The van der Waals surface area contributed by atoms with E-state index in [1.165, 1.54) is 16.9 Å². The van der Waals surface area contributed by atoms with Gasteiger partial charge in [0.05, 0.1) is 12.2 Å². The summed E-state index contributed by atoms with van der Waals surface area (Å²) >= 11 is 0. The average Bonchev–Trinajstić information content (AvgIpc) is 2.85. The molecule has 0 amide bonds. The first-order valence-electron chi connectivity index (χ1n) is 7.14. The third-order valence-corrected chi connectivity index (χ3v) is 3.40. The first-order chi connectivity index (χ1) is 9.61. The van der Waals surface area contributed by atoms with Crippen LogP contribution in [0, 0.1) is 6.92 Å². The molecule has 4 nitrogen and oxygen atoms in total. The summed E-state index contributed by atoms with van der Waals surface area (Å²) in [5.74, 6) is 0. The summed E-state index contributed by atoms with van der Waals surface area (Å²) in [5, 5.41) is 7.83. The van der Waals surface area contributed by atoms with Gasteiger partial charge in [0.15, 0.2) is 0 Å². The number of nitrogens with one attached hydrogen (secondary N) is 1. The molecule has 108 valence electrons. The van der Waals surface area contributed by atoms with Gasteiger partial charge in [0.25, 0.3) is 0 Å². The molecule has 0 spiro atoms. The molecule has 0 saturated heterocycles. The van der Waals surface area contributed by atoms with Gasteiger partial charge >= 0.3 is 0 Å². The lowest BCUT2D eigenvalue weighted by Gasteiger charge is -2.17. The number of anilines is 2. The van der Waals surface area contributed by atoms with Gasteiger partial charge in [-0.2, -0.15) is 5.10 Å². The van der Waals surface area contributed by atoms with Crippen LogP contribution in [0.1, 0.15) is 24.6 Å². The Bertz CT molecular complexity index is 557. The maximum absolute atomic E-state index is 4.35. The van der Waals surface area contributed by atoms with Crippen LogP contribution < -0.4 is 10.2 Å². The van der Waals surface area contributed by atoms with Gasteiger partial charge in [-0.25, -0.2) is 0 Å². The number of hydrogen-bond donors (Lipinski definition) is 1. The van der Waals surface area contributed by atoms with E-state index in [9.17, 15) is 0 Å². The van der Waals surface area contributed by atoms with Gasteiger partial charge in [0, 0.05) is 38.2 Å². The SMILES string of the molecule is CCCn1nccc1CNc1ccc(C)c(N(C)C)c1. The number of benzene rings is 1. The van der Waals surface area contributed by atoms with Crippen molar-refractivity contribution < 1.29 is 0 Å². The third kappa shape index (κ3) is 3.32. The zero-order valence-corrected chi connectivity index (χ0v) is 12.8. The van der Waals surface area contributed by atoms with Crippen molar-refractivity contribution in [3.05, 3.63) is 41.7 Å². The minimum Gasteiger partial charge on any atom is -0.379 e. The number of hydrogen-bond acceptors (Lipinski definition) is 3. The largest absolute Gasteiger partial charge is 0.379 e. The second kappa shape index (κ2) is 6.46. The van der Waals surface area contributed by atoms with Crippen LogP contribution in [0.2, 0.25) is 0 Å². The average molecular weight is 272 g/mol. The number of aromatic nitrogens is 2. The molecule has 0 aliphatic carbocycles. The molecule has 0 radical (unpaired) electrons. The van der Waals surface area contributed by atoms with Crippen LogP contribution in [0.3, 0.4) is 0 Å². The highest BCUT2D eigenvalue weighted by Crippen LogP contribution is 2.22. The van der Waals surface area contributed by atoms with Crippen LogP contribution in [0.5, 0.6) is 0 Å². The Labute approximate surface area is 121 Å². The van der Waals surface area contributed by atoms with Gasteiger partial charge < -0.3 is 10.2 Å². The Morgan fingerprint density at radius 2 is 2.05 bits per heavy atom. The monoisotopic (exact) mass is 272 g/mol. The normalized spacial score (nSPS) is 10.6. The van der Waals surface area contributed by atoms with Crippen LogP contribution in [-0.2, 0) is 13.1 Å². The zero-order chi connectivity index (χ0) is 14.5. The van der Waals surface area contributed by atoms with E-state index in [0.717, 1.165) is 25.2 Å². The molecule has 0 bridgehead atoms. The quantitative estimate of drug-likeness (QED) is 0.876. The van der Waals surface area contributed by atoms with E-state index >= 15 is 0 Å². The lowest BCUT2D eigenvalue weighted by Crippen LogP contribution is -2.12. The van der Waals surface area contributed by atoms with Crippen molar-refractivity contribution in [2.24, 2.45) is 0 Å². The van der Waals surface area contributed by atoms with Gasteiger partial charge in [-0.1, -0.05) is 13.0 Å². The van der Waals surface area contributed by atoms with E-state index in [1.807, 2.05) is 6.20 Å². The second-order valence-corrected chi connectivity index (χ2v) is 5.29. The Hall–Kier alpha value is -1.97. The summed E-state index contributed by atoms with van der Waals surface area (Å²) in [5.41, 5.74) is 4.90. The molecule has 0 aliphatic rings. The molecule has 2 rings (SSSR count). The Balaban J connectivity index is 2.07. The molecule has 2 aromatic rings. The van der Waals surface area contributed by atoms with E-state index in [4.69, 9.17) is 0 Å². The Morgan fingerprint density at radius 3 is 2.75 bits per heavy atom. The molecule has 1 aromatic carbocycles. The first-order valence-corrected chi connectivity index (χ1v) is 7.14. The van der Waals surface area contributed by atoms with Crippen molar-refractivity contribution >= 4 is 11.4 Å². The third-order valence-electron chi connectivity index (χ3n) is 3.40. The molecule has 0 fully saturated rings. The molecule has 0 aliphatic heterocycles. The standard InChI is InChI=1S/C16H24N4/c1-5-10-20-15(8-9-18-20)12-17-14-7-6-13(2)16(11-14)19(3)4/h6-9,11,17H,5,10,12H2,1-4H3. The smallest absolute Gasteiger partial charge is 0.0575 e. The predicted octanol–water partition coefficient (Wildman–Crippen LogP) is 3.28. The maximum atomic E-state index is 4.35. The number of rotatable bonds is 6. The number of nitrogens with zero attached hydrogens (tertiary/aromatic N) is 3. The van der Waals surface area contributed by atoms with E-state index in [2.05, 4.69) is 72.2 Å². The molecule has 0 unspecified atom stereocenters. The Morgan fingerprint density at radius 1 is 1.25 bits per heavy atom. The van der Waals surface area contributed by atoms with Gasteiger partial charge in [-0.3, -0.25) is 4.68 Å². The fourth-order valence-electron chi connectivity index (χ4n) is 2.32. The molecule has 4 heteroatoms. The summed E-state index contributed by atoms with van der Waals surface area (Å²) < 4.78 is 2.06. The topological polar surface area (TPSA) is 33.1 Å². The van der Waals surface area contributed by atoms with Crippen molar-refractivity contribution in [2.45, 2.75) is 33.4 Å². The highest BCUT2D eigenvalue weighted by Gasteiger charge is 2.04. The zero-order valence-electron chi connectivity index (χ0n) is 12.8. The maximum Gasteiger partial charge on any atom is 0.0575 e. The van der Waals surface area contributed by atoms with Crippen LogP contribution >= 0.6 is 0 Å². The molecule has 1 heterocycles. The van der Waals surface area contributed by atoms with Crippen molar-refractivity contribution in [3.8, 4) is 0 Å². The summed E-state index contributed by atoms with van der Waals surface area (Å²) in [4.78, 5) is 2.14. The molecular weight excluding hydrogens is 248 g/mol. The van der Waals surface area contributed by atoms with Crippen LogP contribution in [0.4, 0.5) is 11.4 Å². The predicted molar refractivity (Wildman–Crippen MR) is 85.4 cm³/mol. The van der Waals surface area contributed by atoms with Crippen molar-refractivity contribution in [1.82, 2.24) is 9.78 Å². The van der Waals surface area contributed by atoms with Crippen molar-refractivity contribution in [1.29, 1.82) is 0 Å². The summed E-state index contributed by atoms with van der Waals surface area (Å²) in [7, 11) is 4.14. The minimum absolute atomic E-state index is 0.802. The molecule has 0 saturated carbocycles.